The molecule has 2 N–H and O–H groups in total. The second-order valence-electron chi connectivity index (χ2n) is 3.57. The average Bonchev–Trinajstić information content (AvgIpc) is 2.87. The average molecular weight is 302 g/mol. The standard InChI is InChI=1S/C10H9Cl2N5O2/c11-6-1-2-8(12)7(3-6)9(4-19-10(13)18)17-15-5-14-16-17/h1-3,5,9H,4H2,(H2,13,18). The van der Waals surface area contributed by atoms with E-state index in [4.69, 9.17) is 33.7 Å². The van der Waals surface area contributed by atoms with Crippen LogP contribution in [0, 0.1) is 0 Å². The van der Waals surface area contributed by atoms with E-state index in [0.29, 0.717) is 15.6 Å². The molecule has 7 nitrogen and oxygen atoms in total. The Kier molecular flexibility index (Phi) is 4.18. The van der Waals surface area contributed by atoms with Crippen molar-refractivity contribution in [2.45, 2.75) is 6.04 Å². The molecule has 1 aromatic carbocycles. The molecule has 2 rings (SSSR count). The van der Waals surface area contributed by atoms with E-state index in [-0.39, 0.29) is 6.61 Å². The minimum Gasteiger partial charge on any atom is -0.447 e. The zero-order valence-electron chi connectivity index (χ0n) is 9.53. The van der Waals surface area contributed by atoms with Crippen molar-refractivity contribution in [3.63, 3.8) is 0 Å². The zero-order valence-corrected chi connectivity index (χ0v) is 11.0. The topological polar surface area (TPSA) is 95.9 Å². The maximum Gasteiger partial charge on any atom is 0.404 e. The first-order valence-electron chi connectivity index (χ1n) is 5.17. The van der Waals surface area contributed by atoms with E-state index in [1.54, 1.807) is 18.2 Å². The highest BCUT2D eigenvalue weighted by Gasteiger charge is 2.21. The molecule has 0 aliphatic heterocycles. The van der Waals surface area contributed by atoms with Crippen LogP contribution in [0.15, 0.2) is 24.5 Å². The van der Waals surface area contributed by atoms with Crippen LogP contribution in [0.25, 0.3) is 0 Å². The van der Waals surface area contributed by atoms with Gasteiger partial charge in [-0.05, 0) is 23.4 Å². The predicted molar refractivity (Wildman–Crippen MR) is 68.0 cm³/mol. The molecule has 1 unspecified atom stereocenters. The van der Waals surface area contributed by atoms with Crippen LogP contribution in [-0.2, 0) is 4.74 Å². The second-order valence-corrected chi connectivity index (χ2v) is 4.41. The lowest BCUT2D eigenvalue weighted by Crippen LogP contribution is -2.24. The third kappa shape index (κ3) is 3.33. The van der Waals surface area contributed by atoms with Gasteiger partial charge in [0.15, 0.2) is 6.33 Å². The first-order chi connectivity index (χ1) is 9.08. The number of amides is 1. The summed E-state index contributed by atoms with van der Waals surface area (Å²) in [7, 11) is 0. The number of aromatic nitrogens is 4. The number of hydrogen-bond acceptors (Lipinski definition) is 5. The minimum atomic E-state index is -0.900. The minimum absolute atomic E-state index is 0.0776. The van der Waals surface area contributed by atoms with Gasteiger partial charge < -0.3 is 10.5 Å². The lowest BCUT2D eigenvalue weighted by Gasteiger charge is -2.17. The lowest BCUT2D eigenvalue weighted by atomic mass is 10.1. The fraction of sp³-hybridized carbons (Fsp3) is 0.200. The Hall–Kier alpha value is -1.86. The van der Waals surface area contributed by atoms with Gasteiger partial charge in [-0.25, -0.2) is 4.79 Å². The molecular formula is C10H9Cl2N5O2. The summed E-state index contributed by atoms with van der Waals surface area (Å²) in [6.07, 6.45) is 0.360. The van der Waals surface area contributed by atoms with E-state index in [2.05, 4.69) is 15.4 Å². The quantitative estimate of drug-likeness (QED) is 0.926. The Morgan fingerprint density at radius 2 is 2.26 bits per heavy atom. The number of hydrogen-bond donors (Lipinski definition) is 1. The normalized spacial score (nSPS) is 12.1. The molecule has 1 heterocycles. The Morgan fingerprint density at radius 1 is 1.47 bits per heavy atom. The molecule has 0 bridgehead atoms. The number of nitrogens with two attached hydrogens (primary N) is 1. The number of tetrazole rings is 1. The molecule has 0 radical (unpaired) electrons. The first kappa shape index (κ1) is 13.6. The molecule has 0 saturated carbocycles. The summed E-state index contributed by atoms with van der Waals surface area (Å²) >= 11 is 12.0. The molecule has 2 aromatic rings. The van der Waals surface area contributed by atoms with Crippen LogP contribution in [0.1, 0.15) is 11.6 Å². The number of halogens is 2. The third-order valence-electron chi connectivity index (χ3n) is 2.34. The number of carbonyl (C=O) groups excluding carboxylic acids is 1. The number of primary amides is 1. The molecular weight excluding hydrogens is 293 g/mol. The predicted octanol–water partition coefficient (Wildman–Crippen LogP) is 1.66. The molecule has 19 heavy (non-hydrogen) atoms. The Balaban J connectivity index is 2.36. The van der Waals surface area contributed by atoms with E-state index >= 15 is 0 Å². The van der Waals surface area contributed by atoms with Crippen molar-refractivity contribution in [2.75, 3.05) is 6.61 Å². The van der Waals surface area contributed by atoms with Gasteiger partial charge in [0, 0.05) is 15.6 Å². The van der Waals surface area contributed by atoms with Crippen molar-refractivity contribution in [2.24, 2.45) is 5.73 Å². The molecule has 0 spiro atoms. The number of nitrogens with zero attached hydrogens (tertiary/aromatic N) is 4. The Morgan fingerprint density at radius 3 is 2.89 bits per heavy atom. The van der Waals surface area contributed by atoms with E-state index in [1.165, 1.54) is 11.1 Å². The fourth-order valence-electron chi connectivity index (χ4n) is 1.53. The summed E-state index contributed by atoms with van der Waals surface area (Å²) in [6.45, 7) is -0.0776. The van der Waals surface area contributed by atoms with E-state index in [9.17, 15) is 4.79 Å². The van der Waals surface area contributed by atoms with Crippen LogP contribution in [0.3, 0.4) is 0 Å². The highest BCUT2D eigenvalue weighted by Crippen LogP contribution is 2.28. The van der Waals surface area contributed by atoms with Crippen molar-refractivity contribution in [1.29, 1.82) is 0 Å². The molecule has 0 fully saturated rings. The van der Waals surface area contributed by atoms with Crippen LogP contribution in [0.5, 0.6) is 0 Å². The number of benzene rings is 1. The number of carbonyl (C=O) groups is 1. The summed E-state index contributed by atoms with van der Waals surface area (Å²) in [5.74, 6) is 0. The van der Waals surface area contributed by atoms with Gasteiger partial charge in [0.05, 0.1) is 0 Å². The van der Waals surface area contributed by atoms with Crippen LogP contribution in [-0.4, -0.2) is 32.9 Å². The van der Waals surface area contributed by atoms with Crippen molar-refractivity contribution >= 4 is 29.3 Å². The van der Waals surface area contributed by atoms with Gasteiger partial charge in [-0.2, -0.15) is 4.80 Å². The second kappa shape index (κ2) is 5.85. The largest absolute Gasteiger partial charge is 0.447 e. The molecule has 1 amide bonds. The highest BCUT2D eigenvalue weighted by atomic mass is 35.5. The first-order valence-corrected chi connectivity index (χ1v) is 5.93. The van der Waals surface area contributed by atoms with Crippen molar-refractivity contribution in [3.8, 4) is 0 Å². The van der Waals surface area contributed by atoms with Crippen molar-refractivity contribution in [1.82, 2.24) is 20.2 Å². The van der Waals surface area contributed by atoms with Gasteiger partial charge in [-0.1, -0.05) is 23.2 Å². The van der Waals surface area contributed by atoms with Gasteiger partial charge in [-0.15, -0.1) is 10.2 Å². The van der Waals surface area contributed by atoms with Gasteiger partial charge >= 0.3 is 6.09 Å². The monoisotopic (exact) mass is 301 g/mol. The van der Waals surface area contributed by atoms with Crippen LogP contribution >= 0.6 is 23.2 Å². The van der Waals surface area contributed by atoms with Gasteiger partial charge in [0.25, 0.3) is 0 Å². The van der Waals surface area contributed by atoms with Crippen molar-refractivity contribution < 1.29 is 9.53 Å². The van der Waals surface area contributed by atoms with Crippen LogP contribution < -0.4 is 5.73 Å². The SMILES string of the molecule is NC(=O)OCC(c1cc(Cl)ccc1Cl)n1ncnn1. The summed E-state index contributed by atoms with van der Waals surface area (Å²) in [5, 5.41) is 12.2. The molecule has 1 atom stereocenters. The maximum atomic E-state index is 10.7. The molecule has 0 saturated heterocycles. The summed E-state index contributed by atoms with van der Waals surface area (Å²) < 4.78 is 4.79. The smallest absolute Gasteiger partial charge is 0.404 e. The van der Waals surface area contributed by atoms with Gasteiger partial charge in [0.1, 0.15) is 12.6 Å². The van der Waals surface area contributed by atoms with E-state index in [0.717, 1.165) is 0 Å². The fourth-order valence-corrected chi connectivity index (χ4v) is 1.95. The molecule has 9 heteroatoms. The summed E-state index contributed by atoms with van der Waals surface area (Å²) in [4.78, 5) is 12.0. The van der Waals surface area contributed by atoms with Gasteiger partial charge in [-0.3, -0.25) is 0 Å². The third-order valence-corrected chi connectivity index (χ3v) is 2.92. The van der Waals surface area contributed by atoms with Crippen LogP contribution in [0.2, 0.25) is 10.0 Å². The number of ether oxygens (including phenoxy) is 1. The molecule has 100 valence electrons. The van der Waals surface area contributed by atoms with E-state index in [1.807, 2.05) is 0 Å². The number of rotatable bonds is 4. The highest BCUT2D eigenvalue weighted by molar-refractivity contribution is 6.33. The van der Waals surface area contributed by atoms with E-state index < -0.39 is 12.1 Å². The maximum absolute atomic E-state index is 10.7. The Labute approximate surface area is 118 Å². The van der Waals surface area contributed by atoms with Crippen LogP contribution in [0.4, 0.5) is 4.79 Å². The van der Waals surface area contributed by atoms with Crippen molar-refractivity contribution in [3.05, 3.63) is 40.1 Å². The zero-order chi connectivity index (χ0) is 13.8. The molecule has 0 aliphatic rings. The van der Waals surface area contributed by atoms with Gasteiger partial charge in [0.2, 0.25) is 0 Å². The lowest BCUT2D eigenvalue weighted by molar-refractivity contribution is 0.139. The Bertz CT molecular complexity index is 575. The molecule has 0 aliphatic carbocycles. The summed E-state index contributed by atoms with van der Waals surface area (Å²) in [6, 6.07) is 4.37. The molecule has 1 aromatic heterocycles. The summed E-state index contributed by atoms with van der Waals surface area (Å²) in [5.41, 5.74) is 5.56.